The van der Waals surface area contributed by atoms with E-state index in [0.29, 0.717) is 30.1 Å². The average molecular weight is 451 g/mol. The van der Waals surface area contributed by atoms with Crippen molar-refractivity contribution in [3.63, 3.8) is 0 Å². The summed E-state index contributed by atoms with van der Waals surface area (Å²) >= 11 is 0. The third-order valence-corrected chi connectivity index (χ3v) is 8.32. The van der Waals surface area contributed by atoms with E-state index in [0.717, 1.165) is 49.8 Å². The fourth-order valence-corrected chi connectivity index (χ4v) is 6.59. The van der Waals surface area contributed by atoms with E-state index in [1.807, 2.05) is 6.07 Å². The van der Waals surface area contributed by atoms with Gasteiger partial charge in [-0.25, -0.2) is 0 Å². The smallest absolute Gasteiger partial charge is 0.269 e. The van der Waals surface area contributed by atoms with Crippen LogP contribution < -0.4 is 4.74 Å². The Morgan fingerprint density at radius 3 is 2.70 bits per heavy atom. The van der Waals surface area contributed by atoms with Crippen molar-refractivity contribution in [3.05, 3.63) is 63.2 Å². The molecule has 174 valence electrons. The zero-order valence-corrected chi connectivity index (χ0v) is 19.1. The molecule has 0 saturated heterocycles. The van der Waals surface area contributed by atoms with Crippen LogP contribution in [0.15, 0.2) is 41.6 Å². The van der Waals surface area contributed by atoms with E-state index >= 15 is 0 Å². The molecule has 2 saturated carbocycles. The molecule has 5 rings (SSSR count). The molecule has 33 heavy (non-hydrogen) atoms. The molecule has 0 heterocycles. The SMILES string of the molecule is COc1cc2c(cc1O)CC[C@@H]1[C@@H]2CC[C@]2(C)/C(=N\OCc3ccc([N+](=O)[O-])cc3)CC[C@@H]12. The Labute approximate surface area is 193 Å². The van der Waals surface area contributed by atoms with Crippen LogP contribution in [0.1, 0.15) is 61.6 Å². The molecule has 0 spiro atoms. The monoisotopic (exact) mass is 450 g/mol. The second-order valence-electron chi connectivity index (χ2n) is 9.87. The van der Waals surface area contributed by atoms with E-state index in [2.05, 4.69) is 18.1 Å². The van der Waals surface area contributed by atoms with Gasteiger partial charge < -0.3 is 14.7 Å². The first-order valence-corrected chi connectivity index (χ1v) is 11.7. The minimum atomic E-state index is -0.400. The molecule has 4 atom stereocenters. The van der Waals surface area contributed by atoms with Crippen molar-refractivity contribution >= 4 is 11.4 Å². The minimum absolute atomic E-state index is 0.0507. The van der Waals surface area contributed by atoms with Gasteiger partial charge in [0.25, 0.3) is 5.69 Å². The summed E-state index contributed by atoms with van der Waals surface area (Å²) < 4.78 is 5.39. The topological polar surface area (TPSA) is 94.2 Å². The van der Waals surface area contributed by atoms with Crippen LogP contribution in [0.4, 0.5) is 5.69 Å². The van der Waals surface area contributed by atoms with Crippen LogP contribution in [0, 0.1) is 27.4 Å². The maximum absolute atomic E-state index is 10.8. The highest BCUT2D eigenvalue weighted by Gasteiger charge is 2.53. The van der Waals surface area contributed by atoms with Crippen molar-refractivity contribution < 1.29 is 19.6 Å². The standard InChI is InChI=1S/C26H30N2O5/c1-26-12-11-19-20(8-5-17-13-23(29)24(32-2)14-21(17)19)22(26)9-10-25(26)27-33-15-16-3-6-18(7-4-16)28(30)31/h3-4,6-7,13-14,19-20,22,29H,5,8-12,15H2,1-2H3/b27-25-/t19-,20+,22-,26-/m0/s1. The highest BCUT2D eigenvalue weighted by atomic mass is 16.6. The zero-order valence-electron chi connectivity index (χ0n) is 19.1. The molecule has 0 aromatic heterocycles. The summed E-state index contributed by atoms with van der Waals surface area (Å²) in [4.78, 5) is 16.1. The predicted molar refractivity (Wildman–Crippen MR) is 125 cm³/mol. The molecule has 2 fully saturated rings. The number of rotatable bonds is 5. The fourth-order valence-electron chi connectivity index (χ4n) is 6.59. The van der Waals surface area contributed by atoms with Gasteiger partial charge in [-0.2, -0.15) is 0 Å². The van der Waals surface area contributed by atoms with Gasteiger partial charge in [-0.3, -0.25) is 10.1 Å². The first-order valence-electron chi connectivity index (χ1n) is 11.7. The molecule has 1 N–H and O–H groups in total. The Hall–Kier alpha value is -3.09. The van der Waals surface area contributed by atoms with Crippen LogP contribution in [0.3, 0.4) is 0 Å². The number of aromatic hydroxyl groups is 1. The number of oxime groups is 1. The van der Waals surface area contributed by atoms with E-state index in [1.165, 1.54) is 23.3 Å². The van der Waals surface area contributed by atoms with Crippen LogP contribution in [0.25, 0.3) is 0 Å². The molecule has 0 radical (unpaired) electrons. The minimum Gasteiger partial charge on any atom is -0.504 e. The number of nitrogens with zero attached hydrogens (tertiary/aromatic N) is 2. The molecule has 0 amide bonds. The van der Waals surface area contributed by atoms with Crippen LogP contribution in [0.2, 0.25) is 0 Å². The Balaban J connectivity index is 1.31. The first-order chi connectivity index (χ1) is 15.9. The number of aryl methyl sites for hydroxylation is 1. The van der Waals surface area contributed by atoms with E-state index < -0.39 is 4.92 Å². The van der Waals surface area contributed by atoms with Gasteiger partial charge in [0, 0.05) is 17.5 Å². The summed E-state index contributed by atoms with van der Waals surface area (Å²) in [6.45, 7) is 2.66. The molecule has 3 aliphatic rings. The summed E-state index contributed by atoms with van der Waals surface area (Å²) in [5.74, 6) is 2.48. The highest BCUT2D eigenvalue weighted by molar-refractivity contribution is 5.92. The van der Waals surface area contributed by atoms with Gasteiger partial charge in [0.15, 0.2) is 11.5 Å². The molecular formula is C26H30N2O5. The number of ether oxygens (including phenoxy) is 1. The van der Waals surface area contributed by atoms with Crippen molar-refractivity contribution in [2.45, 2.75) is 58.0 Å². The van der Waals surface area contributed by atoms with Gasteiger partial charge in [0.1, 0.15) is 6.61 Å². The van der Waals surface area contributed by atoms with Crippen molar-refractivity contribution in [1.29, 1.82) is 0 Å². The third-order valence-electron chi connectivity index (χ3n) is 8.32. The number of methoxy groups -OCH3 is 1. The maximum Gasteiger partial charge on any atom is 0.269 e. The molecule has 7 heteroatoms. The van der Waals surface area contributed by atoms with Crippen molar-refractivity contribution in [1.82, 2.24) is 0 Å². The lowest BCUT2D eigenvalue weighted by molar-refractivity contribution is -0.384. The van der Waals surface area contributed by atoms with Crippen LogP contribution in [-0.2, 0) is 17.9 Å². The maximum atomic E-state index is 10.8. The number of nitro groups is 1. The highest BCUT2D eigenvalue weighted by Crippen LogP contribution is 2.60. The summed E-state index contributed by atoms with van der Waals surface area (Å²) in [5.41, 5.74) is 4.76. The number of phenols is 1. The number of fused-ring (bicyclic) bond motifs is 5. The normalized spacial score (nSPS) is 29.2. The molecule has 0 aliphatic heterocycles. The van der Waals surface area contributed by atoms with Crippen LogP contribution in [0.5, 0.6) is 11.5 Å². The second kappa shape index (κ2) is 8.36. The quantitative estimate of drug-likeness (QED) is 0.463. The number of benzene rings is 2. The van der Waals surface area contributed by atoms with Gasteiger partial charge in [-0.1, -0.05) is 12.1 Å². The predicted octanol–water partition coefficient (Wildman–Crippen LogP) is 5.74. The molecule has 0 unspecified atom stereocenters. The molecule has 7 nitrogen and oxygen atoms in total. The van der Waals surface area contributed by atoms with E-state index in [-0.39, 0.29) is 16.9 Å². The zero-order chi connectivity index (χ0) is 23.2. The molecule has 2 aromatic carbocycles. The Morgan fingerprint density at radius 2 is 1.97 bits per heavy atom. The van der Waals surface area contributed by atoms with E-state index in [4.69, 9.17) is 9.57 Å². The average Bonchev–Trinajstić information content (AvgIpc) is 3.15. The Bertz CT molecular complexity index is 1100. The largest absolute Gasteiger partial charge is 0.504 e. The summed E-state index contributed by atoms with van der Waals surface area (Å²) in [6, 6.07) is 10.4. The van der Waals surface area contributed by atoms with Crippen molar-refractivity contribution in [3.8, 4) is 11.5 Å². The van der Waals surface area contributed by atoms with Crippen LogP contribution in [-0.4, -0.2) is 22.9 Å². The summed E-state index contributed by atoms with van der Waals surface area (Å²) in [6.07, 6.45) is 6.38. The van der Waals surface area contributed by atoms with Gasteiger partial charge in [-0.15, -0.1) is 0 Å². The summed E-state index contributed by atoms with van der Waals surface area (Å²) in [5, 5.41) is 25.6. The Kier molecular flexibility index (Phi) is 5.51. The fraction of sp³-hybridized carbons (Fsp3) is 0.500. The molecule has 2 aromatic rings. The number of phenolic OH excluding ortho intramolecular Hbond substituents is 1. The lowest BCUT2D eigenvalue weighted by Gasteiger charge is -2.49. The van der Waals surface area contributed by atoms with Crippen molar-refractivity contribution in [2.75, 3.05) is 7.11 Å². The van der Waals surface area contributed by atoms with Crippen LogP contribution >= 0.6 is 0 Å². The molecule has 0 bridgehead atoms. The summed E-state index contributed by atoms with van der Waals surface area (Å²) in [7, 11) is 1.61. The van der Waals surface area contributed by atoms with E-state index in [9.17, 15) is 15.2 Å². The van der Waals surface area contributed by atoms with Gasteiger partial charge in [0.05, 0.1) is 17.7 Å². The number of hydrogen-bond donors (Lipinski definition) is 1. The number of non-ortho nitro benzene ring substituents is 1. The third kappa shape index (κ3) is 3.73. The van der Waals surface area contributed by atoms with Gasteiger partial charge in [-0.05, 0) is 97.2 Å². The number of hydrogen-bond acceptors (Lipinski definition) is 6. The van der Waals surface area contributed by atoms with Gasteiger partial charge in [0.2, 0.25) is 0 Å². The van der Waals surface area contributed by atoms with Crippen molar-refractivity contribution in [2.24, 2.45) is 22.4 Å². The lowest BCUT2D eigenvalue weighted by Crippen LogP contribution is -2.42. The van der Waals surface area contributed by atoms with Gasteiger partial charge >= 0.3 is 0 Å². The van der Waals surface area contributed by atoms with E-state index in [1.54, 1.807) is 19.2 Å². The molecule has 3 aliphatic carbocycles. The second-order valence-corrected chi connectivity index (χ2v) is 9.87. The first kappa shape index (κ1) is 21.7. The number of nitro benzene ring substituents is 1. The Morgan fingerprint density at radius 1 is 1.18 bits per heavy atom. The molecular weight excluding hydrogens is 420 g/mol. The lowest BCUT2D eigenvalue weighted by atomic mass is 9.55.